The van der Waals surface area contributed by atoms with Crippen LogP contribution in [0.2, 0.25) is 18.1 Å². The summed E-state index contributed by atoms with van der Waals surface area (Å²) in [5, 5.41) is 19.0. The SMILES string of the molecule is CC[Si](CC)(CC)O[C@H]1C[C@H]2OC[C@@]2(OC(C)=O)C2C(OC(=O)c3ccccc3)[C@]3(O)C[C@H](OC(=O)[C@H](C)[C@@H](NC(=O)OC4CCCC4)c4cccs4)C(C)=C([C@@H](OC(=O)C4CC4)C(=O)[C@@]21C)C3(C)C. The highest BCUT2D eigenvalue weighted by molar-refractivity contribution is 7.10. The number of thiophene rings is 1. The van der Waals surface area contributed by atoms with E-state index in [4.69, 9.17) is 32.8 Å². The first-order valence-electron chi connectivity index (χ1n) is 25.3. The zero-order valence-electron chi connectivity index (χ0n) is 42.0. The van der Waals surface area contributed by atoms with E-state index in [0.717, 1.165) is 43.8 Å². The zero-order valence-corrected chi connectivity index (χ0v) is 43.9. The predicted molar refractivity (Wildman–Crippen MR) is 260 cm³/mol. The molecule has 0 radical (unpaired) electrons. The van der Waals surface area contributed by atoms with Gasteiger partial charge in [-0.2, -0.15) is 0 Å². The van der Waals surface area contributed by atoms with Crippen molar-refractivity contribution in [3.63, 3.8) is 0 Å². The molecule has 5 aliphatic carbocycles. The van der Waals surface area contributed by atoms with E-state index >= 15 is 4.79 Å². The number of benzene rings is 1. The van der Waals surface area contributed by atoms with E-state index < -0.39 is 120 Å². The molecule has 1 aromatic heterocycles. The van der Waals surface area contributed by atoms with E-state index in [1.807, 2.05) is 17.5 Å². The predicted octanol–water partition coefficient (Wildman–Crippen LogP) is 8.73. The molecule has 1 aliphatic heterocycles. The quantitative estimate of drug-likeness (QED) is 0.0700. The standard InChI is InChI=1S/C53H71NO14SSi/c1-10-70(11-2,12-3)68-38-27-39-52(29-62-39,67-32(6)55)43-45(66-48(59)33-19-14-13-15-20-33)53(61)28-36(30(4)40(50(53,7)8)42(44(56)51(38,43)9)65-47(58)34-24-25-34)64-46(57)31(5)41(37-23-18-26-69-37)54-49(60)63-35-21-16-17-22-35/h13-15,18-20,23,26,31,34-36,38-39,41-43,45,61H,10-12,16-17,21-22,24-25,27-29H2,1-9H3,(H,54,60)/t31-,36+,38+,39-,41-,42-,43?,45?,51-,52+,53-/m1/s1. The summed E-state index contributed by atoms with van der Waals surface area (Å²) >= 11 is 1.35. The van der Waals surface area contributed by atoms with Crippen molar-refractivity contribution in [3.05, 3.63) is 69.4 Å². The van der Waals surface area contributed by atoms with Crippen LogP contribution in [0.15, 0.2) is 59.0 Å². The van der Waals surface area contributed by atoms with E-state index in [9.17, 15) is 29.1 Å². The number of rotatable bonds is 16. The smallest absolute Gasteiger partial charge is 0.407 e. The number of Topliss-reactive ketones (excluding diaryl/α,β-unsaturated/α-hetero) is 1. The fourth-order valence-corrected chi connectivity index (χ4v) is 16.3. The fraction of sp³-hybridized carbons (Fsp3) is 0.660. The minimum atomic E-state index is -2.61. The Morgan fingerprint density at radius 1 is 0.914 bits per heavy atom. The van der Waals surface area contributed by atoms with Crippen LogP contribution < -0.4 is 5.32 Å². The minimum Gasteiger partial charge on any atom is -0.457 e. The van der Waals surface area contributed by atoms with Gasteiger partial charge in [-0.1, -0.05) is 58.9 Å². The highest BCUT2D eigenvalue weighted by Gasteiger charge is 2.79. The monoisotopic (exact) mass is 1010 g/mol. The van der Waals surface area contributed by atoms with Crippen LogP contribution in [0.4, 0.5) is 4.79 Å². The number of aliphatic hydroxyl groups is 1. The molecule has 2 N–H and O–H groups in total. The molecule has 2 aromatic rings. The molecule has 8 rings (SSSR count). The van der Waals surface area contributed by atoms with Gasteiger partial charge in [-0.15, -0.1) is 11.3 Å². The van der Waals surface area contributed by atoms with Crippen molar-refractivity contribution in [1.29, 1.82) is 0 Å². The van der Waals surface area contributed by atoms with Gasteiger partial charge >= 0.3 is 30.0 Å². The number of alkyl carbamates (subject to hydrolysis) is 1. The van der Waals surface area contributed by atoms with Gasteiger partial charge in [-0.25, -0.2) is 9.59 Å². The maximum Gasteiger partial charge on any atom is 0.407 e. The number of amides is 1. The van der Waals surface area contributed by atoms with Gasteiger partial charge in [0.15, 0.2) is 25.8 Å². The van der Waals surface area contributed by atoms with E-state index in [0.29, 0.717) is 23.3 Å². The van der Waals surface area contributed by atoms with E-state index in [1.165, 1.54) is 18.3 Å². The highest BCUT2D eigenvalue weighted by Crippen LogP contribution is 2.65. The number of carbonyl (C=O) groups is 6. The summed E-state index contributed by atoms with van der Waals surface area (Å²) in [7, 11) is -2.61. The Morgan fingerprint density at radius 3 is 2.16 bits per heavy atom. The van der Waals surface area contributed by atoms with Crippen LogP contribution in [-0.4, -0.2) is 104 Å². The van der Waals surface area contributed by atoms with Gasteiger partial charge in [0, 0.05) is 30.1 Å². The molecule has 2 heterocycles. The second-order valence-corrected chi connectivity index (χ2v) is 27.1. The van der Waals surface area contributed by atoms with E-state index in [2.05, 4.69) is 26.1 Å². The lowest BCUT2D eigenvalue weighted by Crippen LogP contribution is -2.82. The van der Waals surface area contributed by atoms with Crippen LogP contribution >= 0.6 is 11.3 Å². The van der Waals surface area contributed by atoms with Gasteiger partial charge in [-0.3, -0.25) is 19.2 Å². The third-order valence-electron chi connectivity index (χ3n) is 17.2. The van der Waals surface area contributed by atoms with Crippen LogP contribution in [0.25, 0.3) is 0 Å². The van der Waals surface area contributed by atoms with Crippen molar-refractivity contribution < 1.29 is 66.7 Å². The average molecular weight is 1010 g/mol. The summed E-state index contributed by atoms with van der Waals surface area (Å²) in [4.78, 5) is 87.8. The molecule has 6 aliphatic rings. The number of hydrogen-bond donors (Lipinski definition) is 2. The first-order chi connectivity index (χ1) is 33.2. The van der Waals surface area contributed by atoms with Crippen LogP contribution in [0, 0.1) is 28.6 Å². The maximum absolute atomic E-state index is 16.6. The van der Waals surface area contributed by atoms with Crippen molar-refractivity contribution in [2.75, 3.05) is 6.61 Å². The molecule has 1 saturated heterocycles. The first-order valence-corrected chi connectivity index (χ1v) is 28.8. The van der Waals surface area contributed by atoms with E-state index in [1.54, 1.807) is 65.0 Å². The molecule has 17 heteroatoms. The number of nitrogens with one attached hydrogen (secondary N) is 1. The number of carbonyl (C=O) groups excluding carboxylic acids is 6. The lowest BCUT2D eigenvalue weighted by Gasteiger charge is -2.68. The lowest BCUT2D eigenvalue weighted by atomic mass is 9.44. The summed E-state index contributed by atoms with van der Waals surface area (Å²) in [6.07, 6.45) is -2.93. The molecule has 382 valence electrons. The molecule has 11 atom stereocenters. The van der Waals surface area contributed by atoms with Gasteiger partial charge in [0.1, 0.15) is 30.0 Å². The van der Waals surface area contributed by atoms with Gasteiger partial charge < -0.3 is 43.3 Å². The lowest BCUT2D eigenvalue weighted by molar-refractivity contribution is -0.344. The molecule has 15 nitrogen and oxygen atoms in total. The fourth-order valence-electron chi connectivity index (χ4n) is 12.4. The second-order valence-electron chi connectivity index (χ2n) is 21.4. The molecule has 2 bridgehead atoms. The summed E-state index contributed by atoms with van der Waals surface area (Å²) in [5.41, 5.74) is -6.50. The van der Waals surface area contributed by atoms with Crippen molar-refractivity contribution in [2.24, 2.45) is 28.6 Å². The zero-order chi connectivity index (χ0) is 50.6. The second kappa shape index (κ2) is 19.9. The van der Waals surface area contributed by atoms with Crippen molar-refractivity contribution in [1.82, 2.24) is 5.32 Å². The first kappa shape index (κ1) is 51.9. The molecule has 70 heavy (non-hydrogen) atoms. The number of esters is 4. The normalized spacial score (nSPS) is 32.4. The van der Waals surface area contributed by atoms with Crippen LogP contribution in [0.5, 0.6) is 0 Å². The molecule has 0 spiro atoms. The molecule has 5 fully saturated rings. The van der Waals surface area contributed by atoms with Gasteiger partial charge in [0.2, 0.25) is 0 Å². The number of ether oxygens (including phenoxy) is 6. The summed E-state index contributed by atoms with van der Waals surface area (Å²) < 4.78 is 45.6. The maximum atomic E-state index is 16.6. The Labute approximate surface area is 416 Å². The minimum absolute atomic E-state index is 0.120. The van der Waals surface area contributed by atoms with Gasteiger partial charge in [-0.05, 0) is 112 Å². The van der Waals surface area contributed by atoms with Crippen molar-refractivity contribution in [3.8, 4) is 0 Å². The van der Waals surface area contributed by atoms with Gasteiger partial charge in [0.05, 0.1) is 47.5 Å². The highest BCUT2D eigenvalue weighted by atomic mass is 32.1. The Balaban J connectivity index is 1.31. The molecule has 4 saturated carbocycles. The Bertz CT molecular complexity index is 2330. The van der Waals surface area contributed by atoms with Crippen molar-refractivity contribution >= 4 is 55.4 Å². The third-order valence-corrected chi connectivity index (χ3v) is 22.8. The number of hydrogen-bond acceptors (Lipinski definition) is 15. The molecular formula is C53H71NO14SSi. The molecule has 1 amide bonds. The molecular weight excluding hydrogens is 935 g/mol. The van der Waals surface area contributed by atoms with Crippen LogP contribution in [-0.2, 0) is 52.0 Å². The van der Waals surface area contributed by atoms with Crippen LogP contribution in [0.3, 0.4) is 0 Å². The Kier molecular flexibility index (Phi) is 14.7. The average Bonchev–Trinajstić information content (AvgIpc) is 3.79. The van der Waals surface area contributed by atoms with Gasteiger partial charge in [0.25, 0.3) is 0 Å². The third kappa shape index (κ3) is 9.08. The molecule has 1 aromatic carbocycles. The van der Waals surface area contributed by atoms with Crippen molar-refractivity contribution in [2.45, 2.75) is 186 Å². The molecule has 2 unspecified atom stereocenters. The largest absolute Gasteiger partial charge is 0.457 e. The summed E-state index contributed by atoms with van der Waals surface area (Å²) in [6.45, 7) is 15.8. The summed E-state index contributed by atoms with van der Waals surface area (Å²) in [6, 6.07) is 13.2. The Morgan fingerprint density at radius 2 is 1.59 bits per heavy atom. The summed E-state index contributed by atoms with van der Waals surface area (Å²) in [5.74, 6) is -6.20. The van der Waals surface area contributed by atoms with Crippen LogP contribution in [0.1, 0.15) is 135 Å². The number of ketones is 1. The Hall–Kier alpha value is -4.42. The van der Waals surface area contributed by atoms with E-state index in [-0.39, 0.29) is 36.7 Å². The number of fused-ring (bicyclic) bond motifs is 5. The topological polar surface area (TPSA) is 199 Å².